The number of benzene rings is 2. The van der Waals surface area contributed by atoms with E-state index >= 15 is 0 Å². The zero-order chi connectivity index (χ0) is 19.1. The molecule has 3 rings (SSSR count). The summed E-state index contributed by atoms with van der Waals surface area (Å²) in [6.07, 6.45) is 1.80. The molecule has 0 radical (unpaired) electrons. The van der Waals surface area contributed by atoms with Crippen molar-refractivity contribution in [3.8, 4) is 11.5 Å². The number of rotatable bonds is 8. The molecular formula is C21H24N4O2. The van der Waals surface area contributed by atoms with Crippen LogP contribution in [0.15, 0.2) is 60.8 Å². The van der Waals surface area contributed by atoms with Crippen LogP contribution in [-0.4, -0.2) is 22.7 Å². The van der Waals surface area contributed by atoms with E-state index in [2.05, 4.69) is 20.6 Å². The van der Waals surface area contributed by atoms with Crippen LogP contribution in [0.4, 0.5) is 23.1 Å². The van der Waals surface area contributed by atoms with E-state index in [9.17, 15) is 0 Å². The Labute approximate surface area is 159 Å². The van der Waals surface area contributed by atoms with E-state index in [1.165, 1.54) is 0 Å². The quantitative estimate of drug-likeness (QED) is 0.576. The standard InChI is InChI=1S/C21H24N4O2/c1-4-26-17-11-9-16(10-12-17)23-21-22-14-13-20(25-21)24-18-7-5-6-8-19(18)27-15(2)3/h5-15H,4H2,1-3H3,(H2,22,23,24,25). The number of hydrogen-bond acceptors (Lipinski definition) is 6. The summed E-state index contributed by atoms with van der Waals surface area (Å²) in [6, 6.07) is 17.3. The maximum absolute atomic E-state index is 5.84. The van der Waals surface area contributed by atoms with Gasteiger partial charge in [0.05, 0.1) is 18.4 Å². The molecule has 0 amide bonds. The Bertz CT molecular complexity index is 866. The molecule has 27 heavy (non-hydrogen) atoms. The van der Waals surface area contributed by atoms with Crippen LogP contribution >= 0.6 is 0 Å². The van der Waals surface area contributed by atoms with Gasteiger partial charge in [-0.1, -0.05) is 12.1 Å². The molecule has 0 unspecified atom stereocenters. The molecule has 140 valence electrons. The van der Waals surface area contributed by atoms with Gasteiger partial charge in [-0.15, -0.1) is 0 Å². The van der Waals surface area contributed by atoms with E-state index in [1.54, 1.807) is 6.20 Å². The summed E-state index contributed by atoms with van der Waals surface area (Å²) in [5.74, 6) is 2.80. The fraction of sp³-hybridized carbons (Fsp3) is 0.238. The predicted octanol–water partition coefficient (Wildman–Crippen LogP) is 5.15. The first kappa shape index (κ1) is 18.5. The first-order valence-electron chi connectivity index (χ1n) is 8.99. The second-order valence-corrected chi connectivity index (χ2v) is 6.14. The Morgan fingerprint density at radius 2 is 1.74 bits per heavy atom. The fourth-order valence-corrected chi connectivity index (χ4v) is 2.48. The van der Waals surface area contributed by atoms with E-state index in [0.717, 1.165) is 22.9 Å². The first-order chi connectivity index (χ1) is 13.1. The Morgan fingerprint density at radius 1 is 0.963 bits per heavy atom. The zero-order valence-electron chi connectivity index (χ0n) is 15.8. The number of anilines is 4. The Morgan fingerprint density at radius 3 is 2.48 bits per heavy atom. The summed E-state index contributed by atoms with van der Waals surface area (Å²) in [5.41, 5.74) is 1.75. The molecule has 6 nitrogen and oxygen atoms in total. The van der Waals surface area contributed by atoms with Crippen LogP contribution in [0.1, 0.15) is 20.8 Å². The van der Waals surface area contributed by atoms with Gasteiger partial charge in [0.15, 0.2) is 0 Å². The molecule has 1 aromatic heterocycles. The van der Waals surface area contributed by atoms with Gasteiger partial charge in [0.25, 0.3) is 0 Å². The average Bonchev–Trinajstić information content (AvgIpc) is 2.65. The van der Waals surface area contributed by atoms with Gasteiger partial charge in [0.1, 0.15) is 17.3 Å². The molecule has 0 aliphatic heterocycles. The molecule has 6 heteroatoms. The van der Waals surface area contributed by atoms with Crippen molar-refractivity contribution in [3.63, 3.8) is 0 Å². The second kappa shape index (κ2) is 8.89. The van der Waals surface area contributed by atoms with E-state index < -0.39 is 0 Å². The van der Waals surface area contributed by atoms with Crippen molar-refractivity contribution in [1.29, 1.82) is 0 Å². The van der Waals surface area contributed by atoms with Gasteiger partial charge in [-0.25, -0.2) is 4.98 Å². The second-order valence-electron chi connectivity index (χ2n) is 6.14. The van der Waals surface area contributed by atoms with E-state index in [1.807, 2.05) is 75.4 Å². The van der Waals surface area contributed by atoms with Gasteiger partial charge < -0.3 is 20.1 Å². The Kier molecular flexibility index (Phi) is 6.10. The molecule has 0 fully saturated rings. The predicted molar refractivity (Wildman–Crippen MR) is 108 cm³/mol. The lowest BCUT2D eigenvalue weighted by Crippen LogP contribution is -2.07. The molecule has 0 spiro atoms. The van der Waals surface area contributed by atoms with Gasteiger partial charge >= 0.3 is 0 Å². The van der Waals surface area contributed by atoms with Crippen LogP contribution in [-0.2, 0) is 0 Å². The minimum Gasteiger partial charge on any atom is -0.494 e. The number of nitrogens with zero attached hydrogens (tertiary/aromatic N) is 2. The SMILES string of the molecule is CCOc1ccc(Nc2nccc(Nc3ccccc3OC(C)C)n2)cc1. The smallest absolute Gasteiger partial charge is 0.229 e. The van der Waals surface area contributed by atoms with E-state index in [0.29, 0.717) is 18.4 Å². The lowest BCUT2D eigenvalue weighted by Gasteiger charge is -2.15. The number of para-hydroxylation sites is 2. The van der Waals surface area contributed by atoms with E-state index in [-0.39, 0.29) is 6.10 Å². The van der Waals surface area contributed by atoms with Crippen LogP contribution < -0.4 is 20.1 Å². The van der Waals surface area contributed by atoms with Crippen molar-refractivity contribution in [1.82, 2.24) is 9.97 Å². The molecule has 0 aliphatic carbocycles. The molecule has 2 aromatic carbocycles. The first-order valence-corrected chi connectivity index (χ1v) is 8.99. The number of hydrogen-bond donors (Lipinski definition) is 2. The summed E-state index contributed by atoms with van der Waals surface area (Å²) in [6.45, 7) is 6.61. The maximum Gasteiger partial charge on any atom is 0.229 e. The number of ether oxygens (including phenoxy) is 2. The molecule has 2 N–H and O–H groups in total. The Hall–Kier alpha value is -3.28. The van der Waals surface area contributed by atoms with Gasteiger partial charge in [0, 0.05) is 11.9 Å². The van der Waals surface area contributed by atoms with Crippen LogP contribution in [0.25, 0.3) is 0 Å². The number of nitrogens with one attached hydrogen (secondary N) is 2. The summed E-state index contributed by atoms with van der Waals surface area (Å²) >= 11 is 0. The molecule has 3 aromatic rings. The van der Waals surface area contributed by atoms with E-state index in [4.69, 9.17) is 9.47 Å². The lowest BCUT2D eigenvalue weighted by molar-refractivity contribution is 0.244. The molecule has 0 aliphatic rings. The lowest BCUT2D eigenvalue weighted by atomic mass is 10.3. The van der Waals surface area contributed by atoms with Crippen molar-refractivity contribution in [2.75, 3.05) is 17.2 Å². The average molecular weight is 364 g/mol. The van der Waals surface area contributed by atoms with Crippen molar-refractivity contribution >= 4 is 23.1 Å². The van der Waals surface area contributed by atoms with Crippen molar-refractivity contribution in [2.45, 2.75) is 26.9 Å². The summed E-state index contributed by atoms with van der Waals surface area (Å²) in [7, 11) is 0. The summed E-state index contributed by atoms with van der Waals surface area (Å²) in [5, 5.41) is 6.49. The molecular weight excluding hydrogens is 340 g/mol. The molecule has 0 atom stereocenters. The normalized spacial score (nSPS) is 10.5. The Balaban J connectivity index is 1.72. The minimum absolute atomic E-state index is 0.0928. The molecule has 0 bridgehead atoms. The molecule has 0 saturated carbocycles. The van der Waals surface area contributed by atoms with Gasteiger partial charge in [-0.3, -0.25) is 0 Å². The van der Waals surface area contributed by atoms with Crippen LogP contribution in [0.5, 0.6) is 11.5 Å². The summed E-state index contributed by atoms with van der Waals surface area (Å²) in [4.78, 5) is 8.80. The highest BCUT2D eigenvalue weighted by molar-refractivity contribution is 5.65. The molecule has 0 saturated heterocycles. The fourth-order valence-electron chi connectivity index (χ4n) is 2.48. The third-order valence-corrected chi connectivity index (χ3v) is 3.59. The maximum atomic E-state index is 5.84. The van der Waals surface area contributed by atoms with Crippen LogP contribution in [0, 0.1) is 0 Å². The van der Waals surface area contributed by atoms with Crippen molar-refractivity contribution in [2.24, 2.45) is 0 Å². The third kappa shape index (κ3) is 5.34. The highest BCUT2D eigenvalue weighted by atomic mass is 16.5. The van der Waals surface area contributed by atoms with Gasteiger partial charge in [-0.2, -0.15) is 4.98 Å². The van der Waals surface area contributed by atoms with Gasteiger partial charge in [0.2, 0.25) is 5.95 Å². The monoisotopic (exact) mass is 364 g/mol. The minimum atomic E-state index is 0.0928. The highest BCUT2D eigenvalue weighted by Gasteiger charge is 2.07. The summed E-state index contributed by atoms with van der Waals surface area (Å²) < 4.78 is 11.3. The zero-order valence-corrected chi connectivity index (χ0v) is 15.8. The largest absolute Gasteiger partial charge is 0.494 e. The van der Waals surface area contributed by atoms with Crippen molar-refractivity contribution in [3.05, 3.63) is 60.8 Å². The third-order valence-electron chi connectivity index (χ3n) is 3.59. The molecule has 1 heterocycles. The number of aromatic nitrogens is 2. The van der Waals surface area contributed by atoms with Crippen LogP contribution in [0.3, 0.4) is 0 Å². The highest BCUT2D eigenvalue weighted by Crippen LogP contribution is 2.28. The van der Waals surface area contributed by atoms with Crippen LogP contribution in [0.2, 0.25) is 0 Å². The van der Waals surface area contributed by atoms with Gasteiger partial charge in [-0.05, 0) is 63.2 Å². The van der Waals surface area contributed by atoms with Crippen molar-refractivity contribution < 1.29 is 9.47 Å². The topological polar surface area (TPSA) is 68.3 Å².